The van der Waals surface area contributed by atoms with Crippen molar-refractivity contribution in [2.45, 2.75) is 13.8 Å². The topological polar surface area (TPSA) is 110 Å². The van der Waals surface area contributed by atoms with Gasteiger partial charge in [0.15, 0.2) is 0 Å². The van der Waals surface area contributed by atoms with Crippen molar-refractivity contribution in [2.75, 3.05) is 5.32 Å². The molecule has 1 heterocycles. The molecule has 9 heteroatoms. The maximum Gasteiger partial charge on any atom is 0.275 e. The number of amides is 1. The van der Waals surface area contributed by atoms with Crippen molar-refractivity contribution in [3.8, 4) is 11.5 Å². The third-order valence-electron chi connectivity index (χ3n) is 3.61. The molecule has 0 saturated heterocycles. The third-order valence-corrected chi connectivity index (χ3v) is 4.43. The van der Waals surface area contributed by atoms with Gasteiger partial charge >= 0.3 is 0 Å². The number of halogens is 1. The predicted octanol–water partition coefficient (Wildman–Crippen LogP) is 4.58. The van der Waals surface area contributed by atoms with Gasteiger partial charge in [-0.05, 0) is 59.7 Å². The number of hydrogen-bond donors (Lipinski definition) is 2. The quantitative estimate of drug-likeness (QED) is 0.317. The molecule has 1 aromatic heterocycles. The molecular formula is C18H15IN4O4. The van der Waals surface area contributed by atoms with E-state index in [-0.39, 0.29) is 22.8 Å². The molecule has 0 atom stereocenters. The number of carbonyl (C=O) groups is 1. The van der Waals surface area contributed by atoms with Gasteiger partial charge in [0, 0.05) is 12.1 Å². The van der Waals surface area contributed by atoms with Gasteiger partial charge in [-0.2, -0.15) is 5.10 Å². The number of ether oxygens (including phenoxy) is 1. The van der Waals surface area contributed by atoms with Gasteiger partial charge in [-0.25, -0.2) is 0 Å². The number of nitro benzene ring substituents is 1. The molecule has 27 heavy (non-hydrogen) atoms. The Morgan fingerprint density at radius 3 is 2.41 bits per heavy atom. The highest BCUT2D eigenvalue weighted by atomic mass is 127. The van der Waals surface area contributed by atoms with E-state index in [1.165, 1.54) is 24.4 Å². The molecule has 138 valence electrons. The number of nitrogens with zero attached hydrogens (tertiary/aromatic N) is 2. The Bertz CT molecular complexity index is 1010. The van der Waals surface area contributed by atoms with Crippen LogP contribution in [0.1, 0.15) is 21.6 Å². The highest BCUT2D eigenvalue weighted by Gasteiger charge is 2.16. The Balaban J connectivity index is 1.91. The Morgan fingerprint density at radius 1 is 1.15 bits per heavy atom. The zero-order chi connectivity index (χ0) is 19.6. The van der Waals surface area contributed by atoms with E-state index < -0.39 is 10.8 Å². The Morgan fingerprint density at radius 2 is 1.81 bits per heavy atom. The molecule has 3 aromatic rings. The van der Waals surface area contributed by atoms with Crippen LogP contribution in [0.3, 0.4) is 0 Å². The van der Waals surface area contributed by atoms with Gasteiger partial charge in [0.25, 0.3) is 11.6 Å². The standard InChI is InChI=1S/C18H15IN4O4/c1-10-3-11(2)5-14(4-10)27-15-7-12(6-13(8-15)23(25)26)21-18(24)17-16(19)9-20-22-17/h3-9H,1-2H3,(H,20,22)(H,21,24). The number of aromatic nitrogens is 2. The minimum Gasteiger partial charge on any atom is -0.457 e. The molecule has 0 saturated carbocycles. The first-order valence-electron chi connectivity index (χ1n) is 7.87. The van der Waals surface area contributed by atoms with E-state index >= 15 is 0 Å². The van der Waals surface area contributed by atoms with Gasteiger partial charge in [0.05, 0.1) is 26.4 Å². The first-order chi connectivity index (χ1) is 12.8. The number of carbonyl (C=O) groups excluding carboxylic acids is 1. The van der Waals surface area contributed by atoms with Crippen molar-refractivity contribution in [3.05, 3.63) is 73.1 Å². The molecule has 0 bridgehead atoms. The summed E-state index contributed by atoms with van der Waals surface area (Å²) in [7, 11) is 0. The van der Waals surface area contributed by atoms with E-state index in [0.29, 0.717) is 9.32 Å². The smallest absolute Gasteiger partial charge is 0.275 e. The summed E-state index contributed by atoms with van der Waals surface area (Å²) in [4.78, 5) is 23.1. The van der Waals surface area contributed by atoms with Crippen LogP contribution in [0.25, 0.3) is 0 Å². The lowest BCUT2D eigenvalue weighted by atomic mass is 10.1. The Labute approximate surface area is 168 Å². The van der Waals surface area contributed by atoms with Gasteiger partial charge in [-0.3, -0.25) is 20.0 Å². The van der Waals surface area contributed by atoms with Crippen molar-refractivity contribution in [1.29, 1.82) is 0 Å². The number of hydrogen-bond acceptors (Lipinski definition) is 5. The summed E-state index contributed by atoms with van der Waals surface area (Å²) in [6, 6.07) is 9.78. The first-order valence-corrected chi connectivity index (χ1v) is 8.95. The second-order valence-electron chi connectivity index (χ2n) is 5.95. The third kappa shape index (κ3) is 4.61. The molecule has 2 N–H and O–H groups in total. The molecule has 8 nitrogen and oxygen atoms in total. The van der Waals surface area contributed by atoms with Gasteiger partial charge in [0.1, 0.15) is 17.2 Å². The monoisotopic (exact) mass is 478 g/mol. The summed E-state index contributed by atoms with van der Waals surface area (Å²) < 4.78 is 6.43. The number of nitrogens with one attached hydrogen (secondary N) is 2. The summed E-state index contributed by atoms with van der Waals surface area (Å²) in [5.74, 6) is 0.368. The molecule has 3 rings (SSSR count). The molecule has 0 radical (unpaired) electrons. The molecular weight excluding hydrogens is 463 g/mol. The summed E-state index contributed by atoms with van der Waals surface area (Å²) in [5, 5.41) is 20.3. The normalized spacial score (nSPS) is 10.5. The highest BCUT2D eigenvalue weighted by molar-refractivity contribution is 14.1. The van der Waals surface area contributed by atoms with Crippen LogP contribution >= 0.6 is 22.6 Å². The summed E-state index contributed by atoms with van der Waals surface area (Å²) in [6.07, 6.45) is 1.51. The van der Waals surface area contributed by atoms with Crippen molar-refractivity contribution in [2.24, 2.45) is 0 Å². The lowest BCUT2D eigenvalue weighted by Gasteiger charge is -2.10. The minimum atomic E-state index is -0.538. The molecule has 2 aromatic carbocycles. The van der Waals surface area contributed by atoms with Crippen LogP contribution in [0.5, 0.6) is 11.5 Å². The molecule has 1 amide bonds. The number of aryl methyl sites for hydroxylation is 2. The fourth-order valence-corrected chi connectivity index (χ4v) is 3.08. The van der Waals surface area contributed by atoms with Crippen molar-refractivity contribution in [1.82, 2.24) is 10.2 Å². The van der Waals surface area contributed by atoms with Crippen LogP contribution in [-0.2, 0) is 0 Å². The Kier molecular flexibility index (Phi) is 5.40. The number of benzene rings is 2. The number of H-pyrrole nitrogens is 1. The summed E-state index contributed by atoms with van der Waals surface area (Å²) in [6.45, 7) is 3.87. The summed E-state index contributed by atoms with van der Waals surface area (Å²) in [5.41, 5.74) is 2.36. The number of nitro groups is 1. The number of aromatic amines is 1. The lowest BCUT2D eigenvalue weighted by Crippen LogP contribution is -2.14. The highest BCUT2D eigenvalue weighted by Crippen LogP contribution is 2.31. The molecule has 0 aliphatic heterocycles. The zero-order valence-electron chi connectivity index (χ0n) is 14.4. The minimum absolute atomic E-state index is 0.188. The maximum atomic E-state index is 12.3. The fraction of sp³-hybridized carbons (Fsp3) is 0.111. The second-order valence-corrected chi connectivity index (χ2v) is 7.11. The number of non-ortho nitro benzene ring substituents is 1. The maximum absolute atomic E-state index is 12.3. The number of rotatable bonds is 5. The first kappa shape index (κ1) is 18.8. The van der Waals surface area contributed by atoms with E-state index in [4.69, 9.17) is 4.74 Å². The molecule has 0 aliphatic carbocycles. The van der Waals surface area contributed by atoms with Crippen molar-refractivity contribution in [3.63, 3.8) is 0 Å². The van der Waals surface area contributed by atoms with Crippen LogP contribution in [0.2, 0.25) is 0 Å². The molecule has 0 unspecified atom stereocenters. The Hall–Kier alpha value is -2.95. The fourth-order valence-electron chi connectivity index (χ4n) is 2.57. The second kappa shape index (κ2) is 7.74. The SMILES string of the molecule is Cc1cc(C)cc(Oc2cc(NC(=O)c3[nH]ncc3I)cc([N+](=O)[O-])c2)c1. The van der Waals surface area contributed by atoms with Crippen molar-refractivity contribution < 1.29 is 14.5 Å². The molecule has 0 fully saturated rings. The largest absolute Gasteiger partial charge is 0.457 e. The van der Waals surface area contributed by atoms with Gasteiger partial charge in [-0.1, -0.05) is 6.07 Å². The van der Waals surface area contributed by atoms with Crippen LogP contribution in [0.4, 0.5) is 11.4 Å². The van der Waals surface area contributed by atoms with E-state index in [2.05, 4.69) is 15.5 Å². The lowest BCUT2D eigenvalue weighted by molar-refractivity contribution is -0.384. The zero-order valence-corrected chi connectivity index (χ0v) is 16.6. The van der Waals surface area contributed by atoms with Gasteiger partial charge in [0.2, 0.25) is 0 Å². The van der Waals surface area contributed by atoms with Crippen LogP contribution < -0.4 is 10.1 Å². The van der Waals surface area contributed by atoms with Crippen LogP contribution in [0, 0.1) is 27.5 Å². The van der Waals surface area contributed by atoms with Crippen LogP contribution in [0.15, 0.2) is 42.6 Å². The van der Waals surface area contributed by atoms with E-state index in [1.54, 1.807) is 0 Å². The molecule has 0 aliphatic rings. The van der Waals surface area contributed by atoms with Crippen molar-refractivity contribution >= 4 is 39.9 Å². The van der Waals surface area contributed by atoms with E-state index in [0.717, 1.165) is 11.1 Å². The summed E-state index contributed by atoms with van der Waals surface area (Å²) >= 11 is 1.97. The number of anilines is 1. The van der Waals surface area contributed by atoms with Gasteiger partial charge in [-0.15, -0.1) is 0 Å². The van der Waals surface area contributed by atoms with Crippen LogP contribution in [-0.4, -0.2) is 21.0 Å². The van der Waals surface area contributed by atoms with E-state index in [9.17, 15) is 14.9 Å². The molecule has 0 spiro atoms. The average molecular weight is 478 g/mol. The van der Waals surface area contributed by atoms with E-state index in [1.807, 2.05) is 54.6 Å². The predicted molar refractivity (Wildman–Crippen MR) is 108 cm³/mol. The van der Waals surface area contributed by atoms with Gasteiger partial charge < -0.3 is 10.1 Å². The average Bonchev–Trinajstić information content (AvgIpc) is 2.99.